The van der Waals surface area contributed by atoms with Crippen LogP contribution in [0.15, 0.2) is 16.8 Å². The number of ether oxygens (including phenoxy) is 1. The number of aliphatic carboxylic acids is 1. The number of thiol groups is 1. The number of benzene rings is 1. The van der Waals surface area contributed by atoms with Crippen molar-refractivity contribution >= 4 is 58.8 Å². The summed E-state index contributed by atoms with van der Waals surface area (Å²) in [4.78, 5) is 56.8. The Morgan fingerprint density at radius 2 is 1.97 bits per heavy atom. The lowest BCUT2D eigenvalue weighted by Gasteiger charge is -2.16. The quantitative estimate of drug-likeness (QED) is 0.0573. The number of esters is 1. The Kier molecular flexibility index (Phi) is 10.2. The molecule has 2 amide bonds. The number of nitrogens with one attached hydrogen (secondary N) is 3. The molecule has 2 atom stereocenters. The molecule has 0 saturated carbocycles. The highest BCUT2D eigenvalue weighted by Crippen LogP contribution is 2.28. The first kappa shape index (κ1) is 27.3. The van der Waals surface area contributed by atoms with Crippen molar-refractivity contribution in [3.63, 3.8) is 0 Å². The number of rotatable bonds is 14. The van der Waals surface area contributed by atoms with E-state index in [0.717, 1.165) is 0 Å². The van der Waals surface area contributed by atoms with Crippen LogP contribution in [-0.4, -0.2) is 81.6 Å². The molecule has 0 aliphatic rings. The summed E-state index contributed by atoms with van der Waals surface area (Å²) >= 11 is 3.95. The number of nitrogens with two attached hydrogens (primary N) is 1. The van der Waals surface area contributed by atoms with Gasteiger partial charge in [-0.25, -0.2) is 4.63 Å². The largest absolute Gasteiger partial charge is 0.480 e. The molecule has 190 valence electrons. The molecule has 2 rings (SSSR count). The molecule has 1 aromatic carbocycles. The molecule has 0 fully saturated rings. The van der Waals surface area contributed by atoms with Gasteiger partial charge in [-0.1, -0.05) is 0 Å². The Balaban J connectivity index is 1.73. The minimum absolute atomic E-state index is 0.0307. The van der Waals surface area contributed by atoms with Crippen LogP contribution in [0.5, 0.6) is 0 Å². The Hall–Kier alpha value is -3.99. The highest BCUT2D eigenvalue weighted by atomic mass is 32.1. The molecule has 6 N–H and O–H groups in total. The number of hydrogen-bond donors (Lipinski definition) is 6. The van der Waals surface area contributed by atoms with E-state index in [1.54, 1.807) is 0 Å². The van der Waals surface area contributed by atoms with Gasteiger partial charge in [0.25, 0.3) is 0 Å². The van der Waals surface area contributed by atoms with Gasteiger partial charge in [0.15, 0.2) is 5.52 Å². The highest BCUT2D eigenvalue weighted by Gasteiger charge is 2.22. The number of carboxylic acid groups (broad SMARTS) is 1. The molecule has 0 bridgehead atoms. The van der Waals surface area contributed by atoms with Crippen molar-refractivity contribution in [3.8, 4) is 0 Å². The van der Waals surface area contributed by atoms with Gasteiger partial charge in [-0.2, -0.15) is 12.6 Å². The fraction of sp³-hybridized carbons (Fsp3) is 0.444. The molecule has 0 aliphatic carbocycles. The topological polar surface area (TPSA) is 242 Å². The summed E-state index contributed by atoms with van der Waals surface area (Å²) < 4.78 is 9.61. The maximum atomic E-state index is 12.0. The third-order valence-corrected chi connectivity index (χ3v) is 4.85. The number of amides is 2. The van der Waals surface area contributed by atoms with Crippen LogP contribution in [0.1, 0.15) is 12.8 Å². The second-order valence-electron chi connectivity index (χ2n) is 7.00. The van der Waals surface area contributed by atoms with E-state index in [1.165, 1.54) is 12.1 Å². The van der Waals surface area contributed by atoms with Crippen molar-refractivity contribution in [3.05, 3.63) is 22.2 Å². The molecule has 0 saturated heterocycles. The lowest BCUT2D eigenvalue weighted by molar-refractivity contribution is -0.383. The van der Waals surface area contributed by atoms with Gasteiger partial charge in [0, 0.05) is 24.8 Å². The Labute approximate surface area is 202 Å². The van der Waals surface area contributed by atoms with Crippen molar-refractivity contribution in [1.29, 1.82) is 0 Å². The summed E-state index contributed by atoms with van der Waals surface area (Å²) in [5.74, 6) is -3.36. The third kappa shape index (κ3) is 8.07. The van der Waals surface area contributed by atoms with E-state index < -0.39 is 47.3 Å². The molecule has 0 spiro atoms. The normalized spacial score (nSPS) is 12.4. The number of nitro groups is 1. The van der Waals surface area contributed by atoms with Crippen molar-refractivity contribution in [2.24, 2.45) is 5.73 Å². The molecule has 17 heteroatoms. The average Bonchev–Trinajstić information content (AvgIpc) is 3.31. The zero-order valence-corrected chi connectivity index (χ0v) is 19.0. The lowest BCUT2D eigenvalue weighted by atomic mass is 10.1. The number of nitrogens with zero attached hydrogens (tertiary/aromatic N) is 3. The van der Waals surface area contributed by atoms with E-state index in [1.807, 2.05) is 0 Å². The first-order valence-electron chi connectivity index (χ1n) is 10.1. The summed E-state index contributed by atoms with van der Waals surface area (Å²) in [7, 11) is 0. The van der Waals surface area contributed by atoms with Gasteiger partial charge in [-0.05, 0) is 22.8 Å². The number of aromatic nitrogens is 2. The highest BCUT2D eigenvalue weighted by molar-refractivity contribution is 7.80. The number of carbonyl (C=O) groups is 4. The van der Waals surface area contributed by atoms with Crippen LogP contribution in [0.3, 0.4) is 0 Å². The fourth-order valence-corrected chi connectivity index (χ4v) is 3.00. The molecular formula is C18H23N7O9S. The van der Waals surface area contributed by atoms with E-state index in [-0.39, 0.29) is 48.5 Å². The maximum Gasteiger partial charge on any atom is 0.322 e. The van der Waals surface area contributed by atoms with Crippen LogP contribution in [0.25, 0.3) is 11.0 Å². The summed E-state index contributed by atoms with van der Waals surface area (Å²) in [5, 5.41) is 34.1. The second kappa shape index (κ2) is 13.0. The van der Waals surface area contributed by atoms with Crippen molar-refractivity contribution in [2.45, 2.75) is 24.9 Å². The van der Waals surface area contributed by atoms with Gasteiger partial charge >= 0.3 is 17.6 Å². The predicted molar refractivity (Wildman–Crippen MR) is 122 cm³/mol. The standard InChI is InChI=1S/C18H23N7O9S/c19-9(1-4-13(26)22-11(8-35)17(29)21-7-14(27)28)18(30)33-6-5-20-10-2-3-12(25(31)32)16-15(10)23-34-24-16/h2-3,9,11,20,35H,1,4-8,19H2,(H,21,29)(H,22,26)(H,27,28)/t9?,11-/m0/s1. The van der Waals surface area contributed by atoms with Gasteiger partial charge in [0.05, 0.1) is 10.6 Å². The molecular weight excluding hydrogens is 490 g/mol. The van der Waals surface area contributed by atoms with Crippen LogP contribution in [0.2, 0.25) is 0 Å². The molecule has 1 aromatic heterocycles. The minimum Gasteiger partial charge on any atom is -0.480 e. The average molecular weight is 513 g/mol. The zero-order chi connectivity index (χ0) is 26.0. The summed E-state index contributed by atoms with van der Waals surface area (Å²) in [6.07, 6.45) is -0.257. The van der Waals surface area contributed by atoms with Crippen LogP contribution >= 0.6 is 12.6 Å². The van der Waals surface area contributed by atoms with Gasteiger partial charge < -0.3 is 31.5 Å². The van der Waals surface area contributed by atoms with E-state index in [4.69, 9.17) is 15.6 Å². The summed E-state index contributed by atoms with van der Waals surface area (Å²) in [5.41, 5.74) is 5.97. The zero-order valence-electron chi connectivity index (χ0n) is 18.1. The monoisotopic (exact) mass is 513 g/mol. The Morgan fingerprint density at radius 3 is 2.63 bits per heavy atom. The summed E-state index contributed by atoms with van der Waals surface area (Å²) in [6, 6.07) is 0.486. The number of carbonyl (C=O) groups excluding carboxylic acids is 3. The van der Waals surface area contributed by atoms with Gasteiger partial charge in [-0.15, -0.1) is 0 Å². The maximum absolute atomic E-state index is 12.0. The molecule has 2 aromatic rings. The number of fused-ring (bicyclic) bond motifs is 1. The molecule has 35 heavy (non-hydrogen) atoms. The lowest BCUT2D eigenvalue weighted by Crippen LogP contribution is -2.49. The Bertz CT molecular complexity index is 1090. The molecule has 0 aliphatic heterocycles. The van der Waals surface area contributed by atoms with E-state index in [9.17, 15) is 29.3 Å². The SMILES string of the molecule is NC(CCC(=O)N[C@@H](CS)C(=O)NCC(=O)O)C(=O)OCCNc1ccc([N+](=O)[O-])c2nonc12. The molecule has 1 heterocycles. The molecule has 16 nitrogen and oxygen atoms in total. The summed E-state index contributed by atoms with van der Waals surface area (Å²) in [6.45, 7) is -0.586. The van der Waals surface area contributed by atoms with Crippen LogP contribution in [-0.2, 0) is 23.9 Å². The number of hydrogen-bond acceptors (Lipinski definition) is 13. The van der Waals surface area contributed by atoms with Crippen LogP contribution in [0, 0.1) is 10.1 Å². The fourth-order valence-electron chi connectivity index (χ4n) is 2.74. The molecule has 0 radical (unpaired) electrons. The smallest absolute Gasteiger partial charge is 0.322 e. The van der Waals surface area contributed by atoms with Gasteiger partial charge in [0.2, 0.25) is 17.3 Å². The minimum atomic E-state index is -1.24. The first-order chi connectivity index (χ1) is 16.6. The van der Waals surface area contributed by atoms with Crippen molar-refractivity contribution < 1.29 is 38.6 Å². The van der Waals surface area contributed by atoms with E-state index in [0.29, 0.717) is 5.69 Å². The van der Waals surface area contributed by atoms with E-state index in [2.05, 4.69) is 43.5 Å². The van der Waals surface area contributed by atoms with Gasteiger partial charge in [0.1, 0.15) is 25.2 Å². The second-order valence-corrected chi connectivity index (χ2v) is 7.37. The van der Waals surface area contributed by atoms with Gasteiger partial charge in [-0.3, -0.25) is 29.3 Å². The third-order valence-electron chi connectivity index (χ3n) is 4.49. The Morgan fingerprint density at radius 1 is 1.26 bits per heavy atom. The predicted octanol–water partition coefficient (Wildman–Crippen LogP) is -1.19. The van der Waals surface area contributed by atoms with E-state index >= 15 is 0 Å². The number of nitro benzene ring substituents is 1. The number of anilines is 1. The number of non-ortho nitro benzene ring substituents is 1. The van der Waals surface area contributed by atoms with Crippen LogP contribution in [0.4, 0.5) is 11.4 Å². The molecule has 1 unspecified atom stereocenters. The van der Waals surface area contributed by atoms with Crippen molar-refractivity contribution in [2.75, 3.05) is 30.8 Å². The first-order valence-corrected chi connectivity index (χ1v) is 10.7. The van der Waals surface area contributed by atoms with Crippen LogP contribution < -0.4 is 21.7 Å². The number of carboxylic acids is 1. The van der Waals surface area contributed by atoms with Crippen molar-refractivity contribution in [1.82, 2.24) is 20.9 Å².